The molecule has 0 bridgehead atoms. The minimum Gasteiger partial charge on any atom is -0.436 e. The van der Waals surface area contributed by atoms with E-state index in [1.807, 2.05) is 78.9 Å². The highest BCUT2D eigenvalue weighted by Crippen LogP contribution is 2.33. The van der Waals surface area contributed by atoms with Crippen molar-refractivity contribution in [2.45, 2.75) is 5.92 Å². The molecule has 6 heteroatoms. The average Bonchev–Trinajstić information content (AvgIpc) is 3.25. The minimum atomic E-state index is -0.434. The first kappa shape index (κ1) is 21.4. The van der Waals surface area contributed by atoms with Crippen LogP contribution in [0.4, 0.5) is 5.69 Å². The maximum absolute atomic E-state index is 13.4. The molecule has 162 valence electrons. The fourth-order valence-electron chi connectivity index (χ4n) is 3.78. The molecule has 0 aliphatic carbocycles. The van der Waals surface area contributed by atoms with E-state index < -0.39 is 5.92 Å². The summed E-state index contributed by atoms with van der Waals surface area (Å²) >= 11 is 9.78. The smallest absolute Gasteiger partial charge is 0.236 e. The van der Waals surface area contributed by atoms with Gasteiger partial charge in [0.25, 0.3) is 0 Å². The molecule has 0 aliphatic rings. The highest BCUT2D eigenvalue weighted by atomic mass is 79.9. The molecular weight excluding hydrogens is 500 g/mol. The topological polar surface area (TPSA) is 55.1 Å². The van der Waals surface area contributed by atoms with E-state index >= 15 is 0 Å². The number of nitrogens with one attached hydrogen (secondary N) is 1. The van der Waals surface area contributed by atoms with Crippen LogP contribution in [0.3, 0.4) is 0 Å². The van der Waals surface area contributed by atoms with Crippen molar-refractivity contribution >= 4 is 50.2 Å². The normalized spacial score (nSPS) is 11.1. The molecule has 1 N–H and O–H groups in total. The van der Waals surface area contributed by atoms with Crippen molar-refractivity contribution in [2.75, 3.05) is 5.32 Å². The van der Waals surface area contributed by atoms with E-state index in [4.69, 9.17) is 16.0 Å². The van der Waals surface area contributed by atoms with E-state index in [9.17, 15) is 4.79 Å². The summed E-state index contributed by atoms with van der Waals surface area (Å²) in [5.74, 6) is -0.131. The number of amides is 1. The number of hydrogen-bond donors (Lipinski definition) is 1. The third-order valence-electron chi connectivity index (χ3n) is 5.34. The molecule has 5 rings (SSSR count). The van der Waals surface area contributed by atoms with Gasteiger partial charge in [0, 0.05) is 10.2 Å². The van der Waals surface area contributed by atoms with Gasteiger partial charge in [-0.2, -0.15) is 0 Å². The number of benzene rings is 4. The summed E-state index contributed by atoms with van der Waals surface area (Å²) in [5.41, 5.74) is 4.44. The minimum absolute atomic E-state index is 0.120. The zero-order valence-electron chi connectivity index (χ0n) is 17.3. The van der Waals surface area contributed by atoms with Crippen molar-refractivity contribution in [2.24, 2.45) is 0 Å². The summed E-state index contributed by atoms with van der Waals surface area (Å²) in [4.78, 5) is 18.0. The summed E-state index contributed by atoms with van der Waals surface area (Å²) in [5, 5.41) is 3.59. The van der Waals surface area contributed by atoms with Crippen molar-refractivity contribution < 1.29 is 9.21 Å². The van der Waals surface area contributed by atoms with E-state index in [1.165, 1.54) is 0 Å². The lowest BCUT2D eigenvalue weighted by Gasteiger charge is -2.18. The van der Waals surface area contributed by atoms with Gasteiger partial charge in [-0.3, -0.25) is 4.79 Å². The summed E-state index contributed by atoms with van der Waals surface area (Å²) in [6.45, 7) is 0. The number of anilines is 1. The number of hydrogen-bond acceptors (Lipinski definition) is 3. The number of oxazole rings is 1. The molecule has 0 unspecified atom stereocenters. The molecule has 4 nitrogen and oxygen atoms in total. The number of rotatable bonds is 5. The van der Waals surface area contributed by atoms with Gasteiger partial charge in [-0.05, 0) is 47.5 Å². The summed E-state index contributed by atoms with van der Waals surface area (Å²) in [6.07, 6.45) is 0. The number of halogens is 2. The molecule has 0 saturated carbocycles. The molecule has 0 radical (unpaired) electrons. The van der Waals surface area contributed by atoms with E-state index in [2.05, 4.69) is 26.2 Å². The van der Waals surface area contributed by atoms with Crippen LogP contribution in [0.25, 0.3) is 22.6 Å². The first-order valence-corrected chi connectivity index (χ1v) is 11.5. The summed E-state index contributed by atoms with van der Waals surface area (Å²) in [6, 6.07) is 30.4. The van der Waals surface area contributed by atoms with Gasteiger partial charge in [0.2, 0.25) is 11.8 Å². The quantitative estimate of drug-likeness (QED) is 0.260. The predicted molar refractivity (Wildman–Crippen MR) is 136 cm³/mol. The van der Waals surface area contributed by atoms with E-state index in [1.54, 1.807) is 18.2 Å². The number of aromatic nitrogens is 1. The summed E-state index contributed by atoms with van der Waals surface area (Å²) < 4.78 is 6.79. The molecular formula is C27H18BrClN2O2. The average molecular weight is 518 g/mol. The van der Waals surface area contributed by atoms with Gasteiger partial charge in [-0.15, -0.1) is 0 Å². The van der Waals surface area contributed by atoms with Gasteiger partial charge in [0.05, 0.1) is 16.5 Å². The van der Waals surface area contributed by atoms with Crippen molar-refractivity contribution in [3.63, 3.8) is 0 Å². The zero-order chi connectivity index (χ0) is 22.8. The standard InChI is InChI=1S/C27H18BrClN2O2/c28-19-11-13-22(29)21(15-19)27-31-23-16-20(12-14-24(23)33-27)30-26(32)25(17-7-3-1-4-8-17)18-9-5-2-6-10-18/h1-16,25H,(H,30,32). The third-order valence-corrected chi connectivity index (χ3v) is 6.16. The van der Waals surface area contributed by atoms with E-state index in [0.29, 0.717) is 33.3 Å². The Hall–Kier alpha value is -3.41. The van der Waals surface area contributed by atoms with Gasteiger partial charge in [-0.1, -0.05) is 88.2 Å². The zero-order valence-corrected chi connectivity index (χ0v) is 19.7. The molecule has 1 aromatic heterocycles. The first-order valence-electron chi connectivity index (χ1n) is 10.4. The van der Waals surface area contributed by atoms with Gasteiger partial charge in [-0.25, -0.2) is 4.98 Å². The van der Waals surface area contributed by atoms with Crippen LogP contribution in [0, 0.1) is 0 Å². The van der Waals surface area contributed by atoms with Crippen molar-refractivity contribution in [3.05, 3.63) is 118 Å². The second-order valence-corrected chi connectivity index (χ2v) is 8.89. The molecule has 1 heterocycles. The van der Waals surface area contributed by atoms with Crippen LogP contribution in [0.1, 0.15) is 17.0 Å². The number of fused-ring (bicyclic) bond motifs is 1. The Balaban J connectivity index is 1.46. The molecule has 4 aromatic carbocycles. The predicted octanol–water partition coefficient (Wildman–Crippen LogP) is 7.68. The van der Waals surface area contributed by atoms with E-state index in [0.717, 1.165) is 15.6 Å². The molecule has 0 saturated heterocycles. The SMILES string of the molecule is O=C(Nc1ccc2oc(-c3cc(Br)ccc3Cl)nc2c1)C(c1ccccc1)c1ccccc1. The second-order valence-electron chi connectivity index (χ2n) is 7.57. The van der Waals surface area contributed by atoms with Crippen molar-refractivity contribution in [1.82, 2.24) is 4.98 Å². The Kier molecular flexibility index (Phi) is 5.99. The lowest BCUT2D eigenvalue weighted by Crippen LogP contribution is -2.22. The van der Waals surface area contributed by atoms with Gasteiger partial charge >= 0.3 is 0 Å². The Labute approximate surface area is 204 Å². The Morgan fingerprint density at radius 3 is 2.21 bits per heavy atom. The molecule has 1 amide bonds. The third kappa shape index (κ3) is 4.56. The lowest BCUT2D eigenvalue weighted by molar-refractivity contribution is -0.116. The van der Waals surface area contributed by atoms with Crippen LogP contribution >= 0.6 is 27.5 Å². The van der Waals surface area contributed by atoms with Gasteiger partial charge in [0.15, 0.2) is 5.58 Å². The lowest BCUT2D eigenvalue weighted by atomic mass is 9.90. The first-order chi connectivity index (χ1) is 16.1. The monoisotopic (exact) mass is 516 g/mol. The fourth-order valence-corrected chi connectivity index (χ4v) is 4.34. The van der Waals surface area contributed by atoms with Crippen LogP contribution in [-0.4, -0.2) is 10.9 Å². The molecule has 33 heavy (non-hydrogen) atoms. The highest BCUT2D eigenvalue weighted by molar-refractivity contribution is 9.10. The van der Waals surface area contributed by atoms with Gasteiger partial charge < -0.3 is 9.73 Å². The highest BCUT2D eigenvalue weighted by Gasteiger charge is 2.23. The summed E-state index contributed by atoms with van der Waals surface area (Å²) in [7, 11) is 0. The second kappa shape index (κ2) is 9.22. The Morgan fingerprint density at radius 1 is 0.879 bits per heavy atom. The molecule has 0 fully saturated rings. The fraction of sp³-hybridized carbons (Fsp3) is 0.0370. The van der Waals surface area contributed by atoms with Crippen LogP contribution in [0.2, 0.25) is 5.02 Å². The van der Waals surface area contributed by atoms with Crippen LogP contribution in [-0.2, 0) is 4.79 Å². The Bertz CT molecular complexity index is 1400. The molecule has 0 atom stereocenters. The molecule has 5 aromatic rings. The molecule has 0 spiro atoms. The maximum atomic E-state index is 13.4. The van der Waals surface area contributed by atoms with Crippen LogP contribution < -0.4 is 5.32 Å². The Morgan fingerprint density at radius 2 is 1.55 bits per heavy atom. The number of carbonyl (C=O) groups is 1. The van der Waals surface area contributed by atoms with Crippen molar-refractivity contribution in [1.29, 1.82) is 0 Å². The van der Waals surface area contributed by atoms with Crippen LogP contribution in [0.15, 0.2) is 106 Å². The number of carbonyl (C=O) groups excluding carboxylic acids is 1. The number of nitrogens with zero attached hydrogens (tertiary/aromatic N) is 1. The molecule has 0 aliphatic heterocycles. The van der Waals surface area contributed by atoms with E-state index in [-0.39, 0.29) is 5.91 Å². The van der Waals surface area contributed by atoms with Crippen LogP contribution in [0.5, 0.6) is 0 Å². The maximum Gasteiger partial charge on any atom is 0.236 e. The van der Waals surface area contributed by atoms with Crippen molar-refractivity contribution in [3.8, 4) is 11.5 Å². The van der Waals surface area contributed by atoms with Gasteiger partial charge in [0.1, 0.15) is 5.52 Å². The largest absolute Gasteiger partial charge is 0.436 e.